The van der Waals surface area contributed by atoms with Crippen molar-refractivity contribution < 1.29 is 18.4 Å². The number of fused-ring (bicyclic) bond motifs is 2. The second kappa shape index (κ2) is 10.3. The number of nitrogens with zero attached hydrogens (tertiary/aromatic N) is 2. The van der Waals surface area contributed by atoms with Gasteiger partial charge in [-0.2, -0.15) is 0 Å². The van der Waals surface area contributed by atoms with E-state index in [1.54, 1.807) is 6.26 Å². The monoisotopic (exact) mass is 562 g/mol. The first-order chi connectivity index (χ1) is 19.5. The van der Waals surface area contributed by atoms with E-state index in [4.69, 9.17) is 24.3 Å². The van der Waals surface area contributed by atoms with Crippen molar-refractivity contribution in [2.45, 2.75) is 44.3 Å². The molecule has 12 heteroatoms. The largest absolute Gasteiger partial charge is 0.456 e. The van der Waals surface area contributed by atoms with Crippen molar-refractivity contribution in [3.05, 3.63) is 51.2 Å². The Morgan fingerprint density at radius 3 is 2.80 bits per heavy atom. The van der Waals surface area contributed by atoms with Crippen molar-refractivity contribution in [2.24, 2.45) is 5.73 Å². The highest BCUT2D eigenvalue weighted by Gasteiger charge is 2.28. The molecule has 6 heterocycles. The average Bonchev–Trinajstić information content (AvgIpc) is 3.69. The van der Waals surface area contributed by atoms with E-state index >= 15 is 0 Å². The molecule has 4 aromatic rings. The summed E-state index contributed by atoms with van der Waals surface area (Å²) >= 11 is 1.46. The van der Waals surface area contributed by atoms with Gasteiger partial charge in [-0.05, 0) is 30.5 Å². The fourth-order valence-corrected chi connectivity index (χ4v) is 6.48. The van der Waals surface area contributed by atoms with Gasteiger partial charge >= 0.3 is 0 Å². The Bertz CT molecular complexity index is 1640. The molecule has 1 saturated carbocycles. The Balaban J connectivity index is 1.19. The van der Waals surface area contributed by atoms with Gasteiger partial charge in [-0.15, -0.1) is 11.3 Å². The molecule has 7 rings (SSSR count). The third-order valence-corrected chi connectivity index (χ3v) is 8.67. The topological polar surface area (TPSA) is 148 Å². The van der Waals surface area contributed by atoms with E-state index in [2.05, 4.69) is 16.0 Å². The molecule has 0 bridgehead atoms. The van der Waals surface area contributed by atoms with Gasteiger partial charge in [0.2, 0.25) is 11.0 Å². The number of furan rings is 1. The Morgan fingerprint density at radius 1 is 1.10 bits per heavy atom. The van der Waals surface area contributed by atoms with Crippen LogP contribution in [0.3, 0.4) is 0 Å². The zero-order valence-electron chi connectivity index (χ0n) is 21.8. The predicted molar refractivity (Wildman–Crippen MR) is 154 cm³/mol. The first kappa shape index (κ1) is 25.1. The minimum absolute atomic E-state index is 0.0772. The van der Waals surface area contributed by atoms with Gasteiger partial charge in [-0.25, -0.2) is 4.98 Å². The van der Waals surface area contributed by atoms with Crippen LogP contribution in [-0.2, 0) is 11.3 Å². The summed E-state index contributed by atoms with van der Waals surface area (Å²) in [5, 5.41) is 12.5. The molecule has 4 aromatic heterocycles. The summed E-state index contributed by atoms with van der Waals surface area (Å²) in [5.74, 6) is 1.55. The summed E-state index contributed by atoms with van der Waals surface area (Å²) in [6.45, 7) is 2.93. The Morgan fingerprint density at radius 2 is 1.95 bits per heavy atom. The van der Waals surface area contributed by atoms with Gasteiger partial charge in [-0.3, -0.25) is 9.59 Å². The molecule has 0 unspecified atom stereocenters. The lowest BCUT2D eigenvalue weighted by atomic mass is 9.91. The number of nitrogens with one attached hydrogen (secondary N) is 3. The summed E-state index contributed by atoms with van der Waals surface area (Å²) in [5.41, 5.74) is 9.68. The van der Waals surface area contributed by atoms with Crippen molar-refractivity contribution in [3.8, 4) is 11.1 Å². The minimum Gasteiger partial charge on any atom is -0.456 e. The number of carbonyl (C=O) groups excluding carboxylic acids is 1. The number of carbonyl (C=O) groups is 1. The Labute approximate surface area is 233 Å². The number of pyridine rings is 1. The SMILES string of the molecule is N[C@@H]1CCCC[C@@H]1Nc1cc2c(c(Nc3cc(-c4coc5c(=O)cc(N6CCOCC6)oc45)cs3)n1)C(=O)NC2. The first-order valence-corrected chi connectivity index (χ1v) is 14.5. The maximum Gasteiger partial charge on any atom is 0.255 e. The number of rotatable bonds is 6. The zero-order valence-corrected chi connectivity index (χ0v) is 22.6. The van der Waals surface area contributed by atoms with Gasteiger partial charge in [0.25, 0.3) is 5.91 Å². The molecule has 5 N–H and O–H groups in total. The van der Waals surface area contributed by atoms with Crippen molar-refractivity contribution in [1.29, 1.82) is 0 Å². The van der Waals surface area contributed by atoms with E-state index in [0.29, 0.717) is 67.1 Å². The summed E-state index contributed by atoms with van der Waals surface area (Å²) in [6.07, 6.45) is 5.81. The summed E-state index contributed by atoms with van der Waals surface area (Å²) in [7, 11) is 0. The van der Waals surface area contributed by atoms with Gasteiger partial charge < -0.3 is 40.2 Å². The molecule has 3 aliphatic rings. The Hall–Kier alpha value is -3.87. The molecule has 1 amide bonds. The van der Waals surface area contributed by atoms with Crippen LogP contribution in [0.5, 0.6) is 0 Å². The Kier molecular flexibility index (Phi) is 6.45. The van der Waals surface area contributed by atoms with Crippen LogP contribution < -0.4 is 32.0 Å². The number of anilines is 4. The van der Waals surface area contributed by atoms with Gasteiger partial charge in [0.15, 0.2) is 11.5 Å². The maximum absolute atomic E-state index is 12.8. The van der Waals surface area contributed by atoms with Crippen molar-refractivity contribution in [2.75, 3.05) is 41.8 Å². The van der Waals surface area contributed by atoms with Gasteiger partial charge in [0.1, 0.15) is 17.9 Å². The van der Waals surface area contributed by atoms with E-state index in [1.165, 1.54) is 17.4 Å². The van der Waals surface area contributed by atoms with Crippen molar-refractivity contribution >= 4 is 50.9 Å². The summed E-state index contributed by atoms with van der Waals surface area (Å²) in [6, 6.07) is 5.57. The molecule has 2 fully saturated rings. The number of hydrogen-bond donors (Lipinski definition) is 4. The number of ether oxygens (including phenoxy) is 1. The third-order valence-electron chi connectivity index (χ3n) is 7.83. The molecule has 0 aromatic carbocycles. The molecule has 208 valence electrons. The average molecular weight is 563 g/mol. The highest BCUT2D eigenvalue weighted by atomic mass is 32.1. The number of aromatic nitrogens is 1. The van der Waals surface area contributed by atoms with Crippen molar-refractivity contribution in [3.63, 3.8) is 0 Å². The van der Waals surface area contributed by atoms with Crippen LogP contribution in [0.1, 0.15) is 41.6 Å². The maximum atomic E-state index is 12.8. The van der Waals surface area contributed by atoms with E-state index in [9.17, 15) is 9.59 Å². The summed E-state index contributed by atoms with van der Waals surface area (Å²) < 4.78 is 17.2. The third kappa shape index (κ3) is 4.61. The van der Waals surface area contributed by atoms with Crippen LogP contribution in [0.4, 0.5) is 22.5 Å². The molecule has 2 atom stereocenters. The summed E-state index contributed by atoms with van der Waals surface area (Å²) in [4.78, 5) is 32.2. The van der Waals surface area contributed by atoms with Crippen LogP contribution in [0.25, 0.3) is 22.3 Å². The van der Waals surface area contributed by atoms with Gasteiger partial charge in [-0.1, -0.05) is 12.8 Å². The lowest BCUT2D eigenvalue weighted by molar-refractivity contribution is 0.0966. The molecule has 0 spiro atoms. The lowest BCUT2D eigenvalue weighted by Gasteiger charge is -2.30. The van der Waals surface area contributed by atoms with Gasteiger partial charge in [0.05, 0.1) is 35.4 Å². The van der Waals surface area contributed by atoms with Crippen molar-refractivity contribution in [1.82, 2.24) is 10.3 Å². The second-order valence-electron chi connectivity index (χ2n) is 10.5. The fourth-order valence-electron chi connectivity index (χ4n) is 5.68. The van der Waals surface area contributed by atoms with Crippen LogP contribution in [0, 0.1) is 0 Å². The number of thiophene rings is 1. The van der Waals surface area contributed by atoms with Crippen LogP contribution in [-0.4, -0.2) is 49.3 Å². The van der Waals surface area contributed by atoms with E-state index in [0.717, 1.165) is 41.8 Å². The molecule has 11 nitrogen and oxygen atoms in total. The lowest BCUT2D eigenvalue weighted by Crippen LogP contribution is -2.42. The van der Waals surface area contributed by atoms with E-state index in [1.807, 2.05) is 22.4 Å². The highest BCUT2D eigenvalue weighted by molar-refractivity contribution is 7.14. The minimum atomic E-state index is -0.227. The first-order valence-electron chi connectivity index (χ1n) is 13.6. The predicted octanol–water partition coefficient (Wildman–Crippen LogP) is 4.01. The number of hydrogen-bond acceptors (Lipinski definition) is 11. The molecule has 40 heavy (non-hydrogen) atoms. The number of morpholine rings is 1. The quantitative estimate of drug-likeness (QED) is 0.272. The second-order valence-corrected chi connectivity index (χ2v) is 11.4. The molecule has 0 radical (unpaired) electrons. The van der Waals surface area contributed by atoms with Crippen LogP contribution in [0.2, 0.25) is 0 Å². The smallest absolute Gasteiger partial charge is 0.255 e. The van der Waals surface area contributed by atoms with Crippen LogP contribution in [0.15, 0.2) is 43.5 Å². The van der Waals surface area contributed by atoms with E-state index in [-0.39, 0.29) is 29.0 Å². The molecular formula is C28H30N6O5S. The molecule has 1 aliphatic carbocycles. The number of nitrogens with two attached hydrogens (primary N) is 1. The molecule has 1 saturated heterocycles. The molecule has 2 aliphatic heterocycles. The zero-order chi connectivity index (χ0) is 27.2. The van der Waals surface area contributed by atoms with E-state index < -0.39 is 0 Å². The number of amides is 1. The molecular weight excluding hydrogens is 532 g/mol. The highest BCUT2D eigenvalue weighted by Crippen LogP contribution is 2.38. The standard InChI is InChI=1S/C28H30N6O5S/c29-18-3-1-2-4-19(18)31-21-9-15-12-30-28(36)24(15)27(32-21)33-22-10-16(14-40-22)17-13-38-26-20(35)11-23(39-25(17)26)34-5-7-37-8-6-34/h9-11,13-14,18-19H,1-8,12,29H2,(H,30,36)(H2,31,32,33)/t18-,19+/m1/s1. The van der Waals surface area contributed by atoms with Crippen LogP contribution >= 0.6 is 11.3 Å². The normalized spacial score (nSPS) is 20.9. The van der Waals surface area contributed by atoms with Gasteiger partial charge in [0, 0.05) is 42.7 Å². The fraction of sp³-hybridized carbons (Fsp3) is 0.393.